The highest BCUT2D eigenvalue weighted by Gasteiger charge is 2.34. The summed E-state index contributed by atoms with van der Waals surface area (Å²) in [6.07, 6.45) is 4.14. The Morgan fingerprint density at radius 2 is 1.71 bits per heavy atom. The summed E-state index contributed by atoms with van der Waals surface area (Å²) in [6.45, 7) is 11.2. The number of rotatable bonds is 6. The van der Waals surface area contributed by atoms with Gasteiger partial charge in [-0.2, -0.15) is 0 Å². The van der Waals surface area contributed by atoms with Crippen molar-refractivity contribution in [3.63, 3.8) is 0 Å². The van der Waals surface area contributed by atoms with E-state index in [1.165, 1.54) is 5.56 Å². The van der Waals surface area contributed by atoms with Crippen LogP contribution in [0.2, 0.25) is 0 Å². The molecule has 0 saturated carbocycles. The van der Waals surface area contributed by atoms with Crippen LogP contribution in [0.15, 0.2) is 63.9 Å². The van der Waals surface area contributed by atoms with E-state index < -0.39 is 10.0 Å². The average molecular weight is 490 g/mol. The Balaban J connectivity index is 1.61. The van der Waals surface area contributed by atoms with Crippen molar-refractivity contribution >= 4 is 37.5 Å². The van der Waals surface area contributed by atoms with Gasteiger partial charge in [0.2, 0.25) is 0 Å². The highest BCUT2D eigenvalue weighted by atomic mass is 32.2. The molecule has 35 heavy (non-hydrogen) atoms. The van der Waals surface area contributed by atoms with Crippen LogP contribution in [0, 0.1) is 11.3 Å². The maximum atomic E-state index is 13.4. The molecular weight excluding hydrogens is 454 g/mol. The lowest BCUT2D eigenvalue weighted by Gasteiger charge is -2.36. The van der Waals surface area contributed by atoms with Gasteiger partial charge in [0.25, 0.3) is 10.0 Å². The quantitative estimate of drug-likeness (QED) is 0.298. The molecular formula is C30H35NO3S. The Morgan fingerprint density at radius 1 is 1.03 bits per heavy atom. The highest BCUT2D eigenvalue weighted by molar-refractivity contribution is 7.92. The normalized spacial score (nSPS) is 16.7. The van der Waals surface area contributed by atoms with Crippen molar-refractivity contribution in [1.82, 2.24) is 0 Å². The van der Waals surface area contributed by atoms with Crippen LogP contribution in [0.1, 0.15) is 70.3 Å². The van der Waals surface area contributed by atoms with E-state index in [0.717, 1.165) is 58.7 Å². The Kier molecular flexibility index (Phi) is 5.95. The summed E-state index contributed by atoms with van der Waals surface area (Å²) in [7, 11) is -3.74. The van der Waals surface area contributed by atoms with Gasteiger partial charge in [-0.15, -0.1) is 0 Å². The predicted molar refractivity (Wildman–Crippen MR) is 145 cm³/mol. The fraction of sp³-hybridized carbons (Fsp3) is 0.400. The molecule has 1 aliphatic carbocycles. The molecule has 5 heteroatoms. The van der Waals surface area contributed by atoms with E-state index in [0.29, 0.717) is 17.5 Å². The lowest BCUT2D eigenvalue weighted by Crippen LogP contribution is -2.28. The Labute approximate surface area is 208 Å². The largest absolute Gasteiger partial charge is 0.460 e. The number of hydrogen-bond donors (Lipinski definition) is 1. The first kappa shape index (κ1) is 23.9. The molecule has 0 fully saturated rings. The van der Waals surface area contributed by atoms with Crippen LogP contribution in [-0.2, 0) is 22.9 Å². The van der Waals surface area contributed by atoms with Gasteiger partial charge in [0.15, 0.2) is 0 Å². The summed E-state index contributed by atoms with van der Waals surface area (Å²) < 4.78 is 36.1. The smallest absolute Gasteiger partial charge is 0.261 e. The summed E-state index contributed by atoms with van der Waals surface area (Å²) in [4.78, 5) is 0.269. The van der Waals surface area contributed by atoms with Gasteiger partial charge in [0.05, 0.1) is 10.6 Å². The number of hydrogen-bond acceptors (Lipinski definition) is 3. The third-order valence-corrected chi connectivity index (χ3v) is 9.55. The summed E-state index contributed by atoms with van der Waals surface area (Å²) in [6, 6.07) is 17.0. The Hall–Kier alpha value is -2.79. The Bertz CT molecular complexity index is 1490. The molecule has 1 heterocycles. The van der Waals surface area contributed by atoms with Crippen LogP contribution in [0.25, 0.3) is 21.7 Å². The maximum absolute atomic E-state index is 13.4. The van der Waals surface area contributed by atoms with Crippen LogP contribution in [0.5, 0.6) is 0 Å². The molecule has 0 aliphatic heterocycles. The van der Waals surface area contributed by atoms with Crippen molar-refractivity contribution in [1.29, 1.82) is 0 Å². The zero-order chi connectivity index (χ0) is 25.0. The first-order valence-electron chi connectivity index (χ1n) is 12.7. The van der Waals surface area contributed by atoms with Crippen LogP contribution in [0.4, 0.5) is 5.69 Å². The van der Waals surface area contributed by atoms with Gasteiger partial charge < -0.3 is 4.42 Å². The lowest BCUT2D eigenvalue weighted by molar-refractivity contribution is 0.179. The molecule has 1 aliphatic rings. The first-order valence-corrected chi connectivity index (χ1v) is 14.2. The lowest BCUT2D eigenvalue weighted by atomic mass is 9.69. The number of furan rings is 1. The van der Waals surface area contributed by atoms with E-state index in [9.17, 15) is 8.42 Å². The van der Waals surface area contributed by atoms with Crippen molar-refractivity contribution in [3.8, 4) is 0 Å². The van der Waals surface area contributed by atoms with E-state index in [1.54, 1.807) is 12.1 Å². The van der Waals surface area contributed by atoms with Gasteiger partial charge in [-0.05, 0) is 53.9 Å². The molecule has 4 aromatic rings. The third-order valence-electron chi connectivity index (χ3n) is 8.17. The molecule has 1 unspecified atom stereocenters. The zero-order valence-electron chi connectivity index (χ0n) is 21.3. The number of sulfonamides is 1. The minimum absolute atomic E-state index is 0.255. The van der Waals surface area contributed by atoms with E-state index >= 15 is 0 Å². The van der Waals surface area contributed by atoms with Crippen LogP contribution in [-0.4, -0.2) is 8.42 Å². The fourth-order valence-electron chi connectivity index (χ4n) is 5.37. The fourth-order valence-corrected chi connectivity index (χ4v) is 6.44. The predicted octanol–water partition coefficient (Wildman–Crippen LogP) is 8.05. The molecule has 0 bridgehead atoms. The molecule has 5 rings (SSSR count). The summed E-state index contributed by atoms with van der Waals surface area (Å²) in [5.74, 6) is 1.98. The second-order valence-corrected chi connectivity index (χ2v) is 12.6. The molecule has 184 valence electrons. The number of aryl methyl sites for hydroxylation is 1. The van der Waals surface area contributed by atoms with Gasteiger partial charge in [-0.1, -0.05) is 77.4 Å². The SMILES string of the molecule is CCC(C)(C)C1CCc2oc3c(cc(NS(=O)(=O)c4ccc(C(C)C)cc4)c4ccccc43)c2C1. The van der Waals surface area contributed by atoms with E-state index in [-0.39, 0.29) is 10.3 Å². The van der Waals surface area contributed by atoms with Crippen LogP contribution < -0.4 is 4.72 Å². The average Bonchev–Trinajstić information content (AvgIpc) is 3.22. The third kappa shape index (κ3) is 4.24. The standard InChI is InChI=1S/C30H35NO3S/c1-6-30(4,5)21-13-16-28-25(17-21)26-18-27(23-9-7-8-10-24(23)29(26)34-28)31-35(32,33)22-14-11-20(12-15-22)19(2)3/h7-12,14-15,18-19,21,31H,6,13,16-17H2,1-5H3. The van der Waals surface area contributed by atoms with Gasteiger partial charge in [-0.3, -0.25) is 4.72 Å². The number of fused-ring (bicyclic) bond motifs is 5. The van der Waals surface area contributed by atoms with Gasteiger partial charge >= 0.3 is 0 Å². The molecule has 1 N–H and O–H groups in total. The van der Waals surface area contributed by atoms with Gasteiger partial charge in [-0.25, -0.2) is 8.42 Å². The molecule has 1 aromatic heterocycles. The van der Waals surface area contributed by atoms with E-state index in [4.69, 9.17) is 4.42 Å². The van der Waals surface area contributed by atoms with Gasteiger partial charge in [0, 0.05) is 28.1 Å². The van der Waals surface area contributed by atoms with Crippen molar-refractivity contribution in [2.24, 2.45) is 11.3 Å². The number of anilines is 1. The van der Waals surface area contributed by atoms with Crippen LogP contribution >= 0.6 is 0 Å². The van der Waals surface area contributed by atoms with Crippen molar-refractivity contribution in [2.75, 3.05) is 4.72 Å². The zero-order valence-corrected chi connectivity index (χ0v) is 22.1. The minimum Gasteiger partial charge on any atom is -0.460 e. The Morgan fingerprint density at radius 3 is 2.37 bits per heavy atom. The van der Waals surface area contributed by atoms with Crippen molar-refractivity contribution < 1.29 is 12.8 Å². The molecule has 0 saturated heterocycles. The van der Waals surface area contributed by atoms with E-state index in [1.807, 2.05) is 42.5 Å². The van der Waals surface area contributed by atoms with Crippen LogP contribution in [0.3, 0.4) is 0 Å². The maximum Gasteiger partial charge on any atom is 0.261 e. The second-order valence-electron chi connectivity index (χ2n) is 11.0. The molecule has 1 atom stereocenters. The topological polar surface area (TPSA) is 59.3 Å². The minimum atomic E-state index is -3.74. The molecule has 0 spiro atoms. The van der Waals surface area contributed by atoms with Gasteiger partial charge in [0.1, 0.15) is 11.3 Å². The van der Waals surface area contributed by atoms with E-state index in [2.05, 4.69) is 39.3 Å². The van der Waals surface area contributed by atoms with Crippen molar-refractivity contribution in [2.45, 2.75) is 71.1 Å². The molecule has 0 amide bonds. The highest BCUT2D eigenvalue weighted by Crippen LogP contribution is 2.45. The molecule has 3 aromatic carbocycles. The number of nitrogens with one attached hydrogen (secondary N) is 1. The summed E-state index contributed by atoms with van der Waals surface area (Å²) in [5, 5.41) is 2.82. The monoisotopic (exact) mass is 489 g/mol. The van der Waals surface area contributed by atoms with Crippen molar-refractivity contribution in [3.05, 3.63) is 71.5 Å². The summed E-state index contributed by atoms with van der Waals surface area (Å²) in [5.41, 5.74) is 4.08. The molecule has 4 nitrogen and oxygen atoms in total. The number of benzene rings is 3. The molecule has 0 radical (unpaired) electrons. The first-order chi connectivity index (χ1) is 16.6. The second kappa shape index (κ2) is 8.70. The summed E-state index contributed by atoms with van der Waals surface area (Å²) >= 11 is 0.